The number of aromatic nitrogens is 1. The van der Waals surface area contributed by atoms with Crippen LogP contribution in [0.4, 0.5) is 5.69 Å². The smallest absolute Gasteiger partial charge is 0.253 e. The average Bonchev–Trinajstić information content (AvgIpc) is 2.36. The zero-order valence-electron chi connectivity index (χ0n) is 10.9. The van der Waals surface area contributed by atoms with Crippen molar-refractivity contribution in [3.63, 3.8) is 0 Å². The van der Waals surface area contributed by atoms with Gasteiger partial charge in [-0.25, -0.2) is 13.1 Å². The van der Waals surface area contributed by atoms with Gasteiger partial charge in [0.2, 0.25) is 10.0 Å². The van der Waals surface area contributed by atoms with Gasteiger partial charge in [0, 0.05) is 26.3 Å². The molecule has 0 aromatic carbocycles. The molecule has 1 aromatic heterocycles. The van der Waals surface area contributed by atoms with Gasteiger partial charge in [-0.05, 0) is 12.5 Å². The maximum Gasteiger partial charge on any atom is 0.253 e. The van der Waals surface area contributed by atoms with Crippen LogP contribution in [0.2, 0.25) is 0 Å². The summed E-state index contributed by atoms with van der Waals surface area (Å²) >= 11 is 0. The van der Waals surface area contributed by atoms with Crippen molar-refractivity contribution in [3.8, 4) is 0 Å². The van der Waals surface area contributed by atoms with Crippen LogP contribution in [0.15, 0.2) is 18.5 Å². The Labute approximate surface area is 112 Å². The van der Waals surface area contributed by atoms with E-state index in [1.807, 2.05) is 0 Å². The zero-order chi connectivity index (χ0) is 14.3. The second-order valence-electron chi connectivity index (χ2n) is 3.95. The number of pyridine rings is 1. The summed E-state index contributed by atoms with van der Waals surface area (Å²) in [7, 11) is -1.46. The van der Waals surface area contributed by atoms with Crippen LogP contribution in [-0.4, -0.2) is 45.7 Å². The number of nitrogens with one attached hydrogen (secondary N) is 3. The van der Waals surface area contributed by atoms with Gasteiger partial charge in [0.15, 0.2) is 0 Å². The van der Waals surface area contributed by atoms with E-state index in [0.29, 0.717) is 30.8 Å². The van der Waals surface area contributed by atoms with E-state index < -0.39 is 10.0 Å². The molecule has 19 heavy (non-hydrogen) atoms. The Balaban J connectivity index is 2.39. The van der Waals surface area contributed by atoms with Crippen LogP contribution in [0.25, 0.3) is 0 Å². The number of carbonyl (C=O) groups is 1. The Hall–Kier alpha value is -1.67. The first kappa shape index (κ1) is 15.4. The molecule has 8 heteroatoms. The number of sulfonamides is 1. The molecule has 0 aliphatic heterocycles. The third-order valence-corrected chi connectivity index (χ3v) is 3.07. The van der Waals surface area contributed by atoms with Crippen LogP contribution in [0, 0.1) is 0 Å². The van der Waals surface area contributed by atoms with Crippen LogP contribution < -0.4 is 15.4 Å². The van der Waals surface area contributed by atoms with Crippen molar-refractivity contribution >= 4 is 21.6 Å². The van der Waals surface area contributed by atoms with E-state index in [-0.39, 0.29) is 5.91 Å². The zero-order valence-corrected chi connectivity index (χ0v) is 11.8. The van der Waals surface area contributed by atoms with Crippen LogP contribution in [0.5, 0.6) is 0 Å². The molecule has 0 fully saturated rings. The lowest BCUT2D eigenvalue weighted by atomic mass is 10.2. The maximum absolute atomic E-state index is 11.9. The Bertz CT molecular complexity index is 530. The van der Waals surface area contributed by atoms with E-state index >= 15 is 0 Å². The molecule has 1 rings (SSSR count). The molecule has 0 saturated heterocycles. The quantitative estimate of drug-likeness (QED) is 0.602. The molecule has 1 amide bonds. The fourth-order valence-corrected chi connectivity index (χ4v) is 1.95. The summed E-state index contributed by atoms with van der Waals surface area (Å²) in [6.07, 6.45) is 4.74. The predicted octanol–water partition coefficient (Wildman–Crippen LogP) is -0.208. The highest BCUT2D eigenvalue weighted by Crippen LogP contribution is 2.11. The summed E-state index contributed by atoms with van der Waals surface area (Å²) in [5, 5.41) is 5.60. The Morgan fingerprint density at radius 2 is 2.11 bits per heavy atom. The van der Waals surface area contributed by atoms with E-state index in [1.54, 1.807) is 25.5 Å². The van der Waals surface area contributed by atoms with Gasteiger partial charge in [-0.2, -0.15) is 0 Å². The van der Waals surface area contributed by atoms with Gasteiger partial charge in [0.1, 0.15) is 0 Å². The van der Waals surface area contributed by atoms with E-state index in [1.165, 1.54) is 0 Å². The number of amides is 1. The highest BCUT2D eigenvalue weighted by Gasteiger charge is 2.09. The van der Waals surface area contributed by atoms with Crippen LogP contribution in [0.3, 0.4) is 0 Å². The molecule has 0 aliphatic carbocycles. The van der Waals surface area contributed by atoms with Gasteiger partial charge >= 0.3 is 0 Å². The molecule has 1 heterocycles. The van der Waals surface area contributed by atoms with Gasteiger partial charge < -0.3 is 10.6 Å². The normalized spacial score (nSPS) is 11.1. The number of rotatable bonds is 7. The molecule has 0 spiro atoms. The topological polar surface area (TPSA) is 100 Å². The molecule has 0 unspecified atom stereocenters. The van der Waals surface area contributed by atoms with Crippen LogP contribution >= 0.6 is 0 Å². The predicted molar refractivity (Wildman–Crippen MR) is 73.6 cm³/mol. The second kappa shape index (κ2) is 7.05. The third kappa shape index (κ3) is 5.66. The van der Waals surface area contributed by atoms with Crippen molar-refractivity contribution in [3.05, 3.63) is 24.0 Å². The number of hydrogen-bond acceptors (Lipinski definition) is 5. The van der Waals surface area contributed by atoms with E-state index in [0.717, 1.165) is 6.26 Å². The number of hydrogen-bond donors (Lipinski definition) is 3. The van der Waals surface area contributed by atoms with E-state index in [9.17, 15) is 13.2 Å². The van der Waals surface area contributed by atoms with Crippen LogP contribution in [-0.2, 0) is 10.0 Å². The molecule has 1 aromatic rings. The summed E-state index contributed by atoms with van der Waals surface area (Å²) in [5.74, 6) is -0.217. The monoisotopic (exact) mass is 286 g/mol. The minimum atomic E-state index is -3.17. The number of anilines is 1. The van der Waals surface area contributed by atoms with Gasteiger partial charge in [-0.15, -0.1) is 0 Å². The third-order valence-electron chi connectivity index (χ3n) is 2.34. The van der Waals surface area contributed by atoms with Crippen molar-refractivity contribution in [2.45, 2.75) is 6.42 Å². The van der Waals surface area contributed by atoms with Crippen LogP contribution in [0.1, 0.15) is 16.8 Å². The largest absolute Gasteiger partial charge is 0.386 e. The summed E-state index contributed by atoms with van der Waals surface area (Å²) in [6.45, 7) is 0.696. The molecule has 3 N–H and O–H groups in total. The average molecular weight is 286 g/mol. The summed E-state index contributed by atoms with van der Waals surface area (Å²) in [5.41, 5.74) is 1.16. The molecular weight excluding hydrogens is 268 g/mol. The molecule has 7 nitrogen and oxygen atoms in total. The fourth-order valence-electron chi connectivity index (χ4n) is 1.43. The number of nitrogens with zero attached hydrogens (tertiary/aromatic N) is 1. The van der Waals surface area contributed by atoms with Crippen molar-refractivity contribution < 1.29 is 13.2 Å². The SMILES string of the molecule is CNc1cnccc1C(=O)NCCCNS(C)(=O)=O. The molecule has 0 atom stereocenters. The molecule has 0 radical (unpaired) electrons. The maximum atomic E-state index is 11.9. The standard InChI is InChI=1S/C11H18N4O3S/c1-12-10-8-13-7-4-9(10)11(16)14-5-3-6-15-19(2,17)18/h4,7-8,12,15H,3,5-6H2,1-2H3,(H,14,16). The fraction of sp³-hybridized carbons (Fsp3) is 0.455. The number of carbonyl (C=O) groups excluding carboxylic acids is 1. The highest BCUT2D eigenvalue weighted by atomic mass is 32.2. The first-order valence-corrected chi connectivity index (χ1v) is 7.68. The van der Waals surface area contributed by atoms with Gasteiger partial charge in [0.05, 0.1) is 23.7 Å². The minimum absolute atomic E-state index is 0.217. The Kier molecular flexibility index (Phi) is 5.71. The molecular formula is C11H18N4O3S. The summed E-state index contributed by atoms with van der Waals surface area (Å²) in [6, 6.07) is 1.62. The van der Waals surface area contributed by atoms with E-state index in [4.69, 9.17) is 0 Å². The Morgan fingerprint density at radius 1 is 1.37 bits per heavy atom. The van der Waals surface area contributed by atoms with Gasteiger partial charge in [-0.3, -0.25) is 9.78 Å². The lowest BCUT2D eigenvalue weighted by Gasteiger charge is -2.09. The van der Waals surface area contributed by atoms with E-state index in [2.05, 4.69) is 20.3 Å². The summed E-state index contributed by atoms with van der Waals surface area (Å²) in [4.78, 5) is 15.8. The second-order valence-corrected chi connectivity index (χ2v) is 5.78. The van der Waals surface area contributed by atoms with Crippen molar-refractivity contribution in [1.29, 1.82) is 0 Å². The first-order valence-electron chi connectivity index (χ1n) is 5.78. The Morgan fingerprint density at radius 3 is 2.74 bits per heavy atom. The van der Waals surface area contributed by atoms with Crippen molar-refractivity contribution in [1.82, 2.24) is 15.0 Å². The molecule has 0 bridgehead atoms. The van der Waals surface area contributed by atoms with Crippen molar-refractivity contribution in [2.24, 2.45) is 0 Å². The van der Waals surface area contributed by atoms with Gasteiger partial charge in [0.25, 0.3) is 5.91 Å². The lowest BCUT2D eigenvalue weighted by Crippen LogP contribution is -2.29. The molecule has 106 valence electrons. The minimum Gasteiger partial charge on any atom is -0.386 e. The summed E-state index contributed by atoms with van der Waals surface area (Å²) < 4.78 is 24.0. The molecule has 0 aliphatic rings. The highest BCUT2D eigenvalue weighted by molar-refractivity contribution is 7.88. The molecule has 0 saturated carbocycles. The van der Waals surface area contributed by atoms with Gasteiger partial charge in [-0.1, -0.05) is 0 Å². The van der Waals surface area contributed by atoms with Crippen molar-refractivity contribution in [2.75, 3.05) is 31.7 Å². The first-order chi connectivity index (χ1) is 8.94. The lowest BCUT2D eigenvalue weighted by molar-refractivity contribution is 0.0954.